The van der Waals surface area contributed by atoms with Gasteiger partial charge in [0, 0.05) is 18.0 Å². The lowest BCUT2D eigenvalue weighted by atomic mass is 9.95. The molecule has 1 aliphatic rings. The summed E-state index contributed by atoms with van der Waals surface area (Å²) in [5.74, 6) is -0.763. The second kappa shape index (κ2) is 10.6. The lowest BCUT2D eigenvalue weighted by Crippen LogP contribution is -2.29. The van der Waals surface area contributed by atoms with E-state index < -0.39 is 17.7 Å². The van der Waals surface area contributed by atoms with Crippen LogP contribution in [0.5, 0.6) is 11.5 Å². The number of carbonyl (C=O) groups excluding carboxylic acids is 2. The van der Waals surface area contributed by atoms with Gasteiger partial charge in [-0.25, -0.2) is 4.98 Å². The monoisotopic (exact) mass is 529 g/mol. The Labute approximate surface area is 224 Å². The van der Waals surface area contributed by atoms with Crippen molar-refractivity contribution in [2.75, 3.05) is 18.1 Å². The number of pyridine rings is 1. The van der Waals surface area contributed by atoms with E-state index in [-0.39, 0.29) is 11.3 Å². The van der Waals surface area contributed by atoms with E-state index in [1.54, 1.807) is 30.3 Å². The molecule has 0 spiro atoms. The number of ketones is 1. The number of anilines is 1. The molecule has 1 unspecified atom stereocenters. The quantitative estimate of drug-likeness (QED) is 0.174. The molecular formula is C29H27N3O5S. The van der Waals surface area contributed by atoms with Crippen molar-refractivity contribution in [3.63, 3.8) is 0 Å². The Morgan fingerprint density at radius 2 is 1.82 bits per heavy atom. The predicted molar refractivity (Wildman–Crippen MR) is 147 cm³/mol. The summed E-state index contributed by atoms with van der Waals surface area (Å²) in [5, 5.41) is 11.7. The van der Waals surface area contributed by atoms with Crippen molar-refractivity contribution in [1.82, 2.24) is 9.97 Å². The van der Waals surface area contributed by atoms with Gasteiger partial charge in [-0.05, 0) is 67.8 Å². The summed E-state index contributed by atoms with van der Waals surface area (Å²) in [7, 11) is 0. The van der Waals surface area contributed by atoms with E-state index in [9.17, 15) is 14.7 Å². The van der Waals surface area contributed by atoms with E-state index in [2.05, 4.69) is 9.97 Å². The van der Waals surface area contributed by atoms with Crippen LogP contribution in [0, 0.1) is 6.92 Å². The smallest absolute Gasteiger partial charge is 0.301 e. The molecule has 1 atom stereocenters. The molecule has 1 fully saturated rings. The molecule has 1 amide bonds. The Bertz CT molecular complexity index is 1550. The van der Waals surface area contributed by atoms with Crippen molar-refractivity contribution in [3.8, 4) is 11.5 Å². The van der Waals surface area contributed by atoms with Gasteiger partial charge in [0.1, 0.15) is 5.76 Å². The minimum absolute atomic E-state index is 0.0266. The lowest BCUT2D eigenvalue weighted by molar-refractivity contribution is -0.132. The number of aliphatic hydroxyl groups is 1. The molecule has 4 aromatic rings. The van der Waals surface area contributed by atoms with Gasteiger partial charge in [-0.3, -0.25) is 19.5 Å². The molecule has 1 saturated heterocycles. The summed E-state index contributed by atoms with van der Waals surface area (Å²) in [4.78, 5) is 37.0. The van der Waals surface area contributed by atoms with Crippen LogP contribution in [0.1, 0.15) is 43.0 Å². The molecule has 8 nitrogen and oxygen atoms in total. The fraction of sp³-hybridized carbons (Fsp3) is 0.241. The molecule has 0 radical (unpaired) electrons. The van der Waals surface area contributed by atoms with Gasteiger partial charge in [-0.1, -0.05) is 30.4 Å². The summed E-state index contributed by atoms with van der Waals surface area (Å²) >= 11 is 1.32. The molecule has 1 aliphatic heterocycles. The van der Waals surface area contributed by atoms with Crippen LogP contribution in [0.25, 0.3) is 16.0 Å². The van der Waals surface area contributed by atoms with Crippen LogP contribution < -0.4 is 14.4 Å². The number of rotatable bonds is 8. The number of benzene rings is 2. The number of ether oxygens (including phenoxy) is 2. The number of hydrogen-bond donors (Lipinski definition) is 1. The number of aromatic nitrogens is 2. The van der Waals surface area contributed by atoms with E-state index in [1.165, 1.54) is 28.6 Å². The first kappa shape index (κ1) is 25.4. The van der Waals surface area contributed by atoms with Crippen LogP contribution in [0.4, 0.5) is 5.13 Å². The third-order valence-corrected chi connectivity index (χ3v) is 7.20. The second-order valence-corrected chi connectivity index (χ2v) is 9.87. The van der Waals surface area contributed by atoms with Crippen LogP contribution in [-0.4, -0.2) is 40.0 Å². The average Bonchev–Trinajstić information content (AvgIpc) is 3.45. The zero-order chi connectivity index (χ0) is 26.8. The maximum absolute atomic E-state index is 13.5. The van der Waals surface area contributed by atoms with Crippen molar-refractivity contribution in [3.05, 3.63) is 83.2 Å². The maximum Gasteiger partial charge on any atom is 0.301 e. The first-order valence-corrected chi connectivity index (χ1v) is 13.2. The minimum atomic E-state index is -0.927. The molecule has 0 bridgehead atoms. The summed E-state index contributed by atoms with van der Waals surface area (Å²) in [6.07, 6.45) is 3.86. The van der Waals surface area contributed by atoms with E-state index in [0.29, 0.717) is 41.0 Å². The van der Waals surface area contributed by atoms with Gasteiger partial charge in [0.05, 0.1) is 35.0 Å². The van der Waals surface area contributed by atoms with Gasteiger partial charge in [-0.15, -0.1) is 0 Å². The number of fused-ring (bicyclic) bond motifs is 1. The number of aryl methyl sites for hydroxylation is 1. The molecule has 0 saturated carbocycles. The normalized spacial score (nSPS) is 16.8. The summed E-state index contributed by atoms with van der Waals surface area (Å²) < 4.78 is 12.6. The molecule has 1 N–H and O–H groups in total. The van der Waals surface area contributed by atoms with Crippen LogP contribution in [-0.2, 0) is 9.59 Å². The number of aliphatic hydroxyl groups excluding tert-OH is 1. The van der Waals surface area contributed by atoms with Crippen LogP contribution in [0.3, 0.4) is 0 Å². The molecule has 38 heavy (non-hydrogen) atoms. The number of thiazole rings is 1. The van der Waals surface area contributed by atoms with E-state index in [0.717, 1.165) is 22.2 Å². The third kappa shape index (κ3) is 4.61. The van der Waals surface area contributed by atoms with Gasteiger partial charge >= 0.3 is 5.91 Å². The SMILES string of the molecule is CCCOc1ccc(C2/C(=C(\O)c3ccncc3)C(=O)C(=O)N2c2nc3ccc(C)cc3s2)cc1OCC. The number of Topliss-reactive ketones (excluding diaryl/α,β-unsaturated/α-hetero) is 1. The van der Waals surface area contributed by atoms with Crippen molar-refractivity contribution in [2.24, 2.45) is 0 Å². The number of hydrogen-bond acceptors (Lipinski definition) is 8. The first-order valence-electron chi connectivity index (χ1n) is 12.4. The molecular weight excluding hydrogens is 502 g/mol. The highest BCUT2D eigenvalue weighted by molar-refractivity contribution is 7.22. The van der Waals surface area contributed by atoms with Crippen molar-refractivity contribution in [2.45, 2.75) is 33.2 Å². The summed E-state index contributed by atoms with van der Waals surface area (Å²) in [6, 6.07) is 13.4. The highest BCUT2D eigenvalue weighted by atomic mass is 32.1. The maximum atomic E-state index is 13.5. The van der Waals surface area contributed by atoms with Crippen molar-refractivity contribution in [1.29, 1.82) is 0 Å². The number of carbonyl (C=O) groups is 2. The minimum Gasteiger partial charge on any atom is -0.507 e. The summed E-state index contributed by atoms with van der Waals surface area (Å²) in [5.41, 5.74) is 2.73. The van der Waals surface area contributed by atoms with Gasteiger partial charge < -0.3 is 14.6 Å². The number of nitrogens with zero attached hydrogens (tertiary/aromatic N) is 3. The van der Waals surface area contributed by atoms with Gasteiger partial charge in [0.25, 0.3) is 5.78 Å². The van der Waals surface area contributed by atoms with Crippen LogP contribution in [0.2, 0.25) is 0 Å². The standard InChI is InChI=1S/C29H27N3O5S/c1-4-14-37-21-9-7-19(16-22(21)36-5-2)25-24(26(33)18-10-12-30-13-11-18)27(34)28(35)32(25)29-31-20-8-6-17(3)15-23(20)38-29/h6-13,15-16,25,33H,4-5,14H2,1-3H3/b26-24+. The highest BCUT2D eigenvalue weighted by Crippen LogP contribution is 2.46. The first-order chi connectivity index (χ1) is 18.4. The van der Waals surface area contributed by atoms with Crippen molar-refractivity contribution < 1.29 is 24.2 Å². The Hall–Kier alpha value is -4.24. The Morgan fingerprint density at radius 1 is 1.03 bits per heavy atom. The van der Waals surface area contributed by atoms with Crippen molar-refractivity contribution >= 4 is 44.1 Å². The van der Waals surface area contributed by atoms with Gasteiger partial charge in [0.2, 0.25) is 0 Å². The van der Waals surface area contributed by atoms with Crippen LogP contribution >= 0.6 is 11.3 Å². The second-order valence-electron chi connectivity index (χ2n) is 8.86. The molecule has 0 aliphatic carbocycles. The lowest BCUT2D eigenvalue weighted by Gasteiger charge is -2.24. The zero-order valence-corrected chi connectivity index (χ0v) is 22.1. The zero-order valence-electron chi connectivity index (χ0n) is 21.3. The van der Waals surface area contributed by atoms with Crippen LogP contribution in [0.15, 0.2) is 66.5 Å². The molecule has 9 heteroatoms. The predicted octanol–water partition coefficient (Wildman–Crippen LogP) is 5.81. The summed E-state index contributed by atoms with van der Waals surface area (Å²) in [6.45, 7) is 6.79. The molecule has 5 rings (SSSR count). The molecule has 194 valence electrons. The van der Waals surface area contributed by atoms with E-state index in [4.69, 9.17) is 9.47 Å². The van der Waals surface area contributed by atoms with Gasteiger partial charge in [-0.2, -0.15) is 0 Å². The fourth-order valence-corrected chi connectivity index (χ4v) is 5.52. The fourth-order valence-electron chi connectivity index (χ4n) is 4.43. The number of amides is 1. The van der Waals surface area contributed by atoms with Gasteiger partial charge in [0.15, 0.2) is 16.6 Å². The van der Waals surface area contributed by atoms with E-state index in [1.807, 2.05) is 39.0 Å². The average molecular weight is 530 g/mol. The Balaban J connectivity index is 1.71. The van der Waals surface area contributed by atoms with E-state index >= 15 is 0 Å². The topological polar surface area (TPSA) is 102 Å². The highest BCUT2D eigenvalue weighted by Gasteiger charge is 2.48. The Kier molecular flexibility index (Phi) is 7.11. The largest absolute Gasteiger partial charge is 0.507 e. The Morgan fingerprint density at radius 3 is 2.55 bits per heavy atom. The molecule has 2 aromatic heterocycles. The molecule has 2 aromatic carbocycles. The third-order valence-electron chi connectivity index (χ3n) is 6.18. The molecule has 3 heterocycles.